The molecule has 0 saturated carbocycles. The molecule has 2 aromatic carbocycles. The first-order valence-electron chi connectivity index (χ1n) is 13.7. The van der Waals surface area contributed by atoms with E-state index in [2.05, 4.69) is 16.0 Å². The van der Waals surface area contributed by atoms with Crippen LogP contribution in [0.3, 0.4) is 0 Å². The first-order valence-corrected chi connectivity index (χ1v) is 13.7. The quantitative estimate of drug-likeness (QED) is 0.0684. The number of hydrogen-bond donors (Lipinski definition) is 5. The van der Waals surface area contributed by atoms with Crippen molar-refractivity contribution >= 4 is 24.1 Å². The Bertz CT molecular complexity index is 1120. The number of aliphatic hydroxyl groups is 1. The Hall–Kier alpha value is -3.95. The molecule has 2 aromatic rings. The summed E-state index contributed by atoms with van der Waals surface area (Å²) < 4.78 is 34.4. The third kappa shape index (κ3) is 15.7. The molecule has 0 aromatic heterocycles. The number of aliphatic hydroxyl groups excluding tert-OH is 1. The fourth-order valence-electron chi connectivity index (χ4n) is 3.55. The van der Waals surface area contributed by atoms with Gasteiger partial charge in [0.05, 0.1) is 46.1 Å². The van der Waals surface area contributed by atoms with Crippen LogP contribution in [0.5, 0.6) is 11.5 Å². The largest absolute Gasteiger partial charge is 0.480 e. The number of carboxylic acid groups (broad SMARTS) is 1. The van der Waals surface area contributed by atoms with E-state index in [4.69, 9.17) is 24.1 Å². The molecule has 0 fully saturated rings. The van der Waals surface area contributed by atoms with E-state index in [1.807, 2.05) is 0 Å². The molecule has 0 bridgehead atoms. The van der Waals surface area contributed by atoms with Crippen molar-refractivity contribution < 1.29 is 52.7 Å². The Kier molecular flexibility index (Phi) is 17.1. The maximum atomic E-state index is 13.0. The van der Waals surface area contributed by atoms with E-state index in [1.54, 1.807) is 24.3 Å². The normalized spacial score (nSPS) is 12.2. The highest BCUT2D eigenvalue weighted by Gasteiger charge is 2.21. The highest BCUT2D eigenvalue weighted by atomic mass is 19.1. The Morgan fingerprint density at radius 3 is 2.16 bits per heavy atom. The summed E-state index contributed by atoms with van der Waals surface area (Å²) in [6.45, 7) is 1.49. The Morgan fingerprint density at radius 1 is 0.860 bits per heavy atom. The minimum atomic E-state index is -1.26. The van der Waals surface area contributed by atoms with Gasteiger partial charge in [0.25, 0.3) is 0 Å². The topological polar surface area (TPSA) is 182 Å². The van der Waals surface area contributed by atoms with Crippen LogP contribution in [0.25, 0.3) is 0 Å². The molecule has 0 aliphatic carbocycles. The van der Waals surface area contributed by atoms with Crippen molar-refractivity contribution in [3.63, 3.8) is 0 Å². The fraction of sp³-hybridized carbons (Fsp3) is 0.448. The minimum absolute atomic E-state index is 0.0729. The van der Waals surface area contributed by atoms with Crippen LogP contribution in [0, 0.1) is 5.82 Å². The van der Waals surface area contributed by atoms with E-state index in [-0.39, 0.29) is 64.7 Å². The number of benzene rings is 2. The Balaban J connectivity index is 1.59. The number of carboxylic acids is 1. The molecule has 13 nitrogen and oxygen atoms in total. The molecule has 1 unspecified atom stereocenters. The third-order valence-corrected chi connectivity index (χ3v) is 5.68. The van der Waals surface area contributed by atoms with Gasteiger partial charge in [-0.25, -0.2) is 9.18 Å². The maximum absolute atomic E-state index is 13.0. The van der Waals surface area contributed by atoms with Crippen molar-refractivity contribution in [2.75, 3.05) is 52.7 Å². The van der Waals surface area contributed by atoms with Gasteiger partial charge in [-0.15, -0.1) is 0 Å². The summed E-state index contributed by atoms with van der Waals surface area (Å²) in [7, 11) is 0. The van der Waals surface area contributed by atoms with Crippen LogP contribution in [0.15, 0.2) is 48.5 Å². The summed E-state index contributed by atoms with van der Waals surface area (Å²) in [5.41, 5.74) is 0.623. The number of aldehydes is 1. The zero-order valence-corrected chi connectivity index (χ0v) is 23.7. The standard InChI is InChI=1S/C29H38FN3O10/c30-22-3-7-24(8-4-22)43-23-5-1-21(2-6-23)19-27(37)33-25(29(38)39)9-10-26(36)31-11-14-41-17-18-42-28(20-35)32-12-15-40-16-13-34/h1-8,20,25,28,32,34H,9-19H2,(H,31,36)(H,33,37)(H,38,39)/t25-,28?/m0/s1. The molecule has 2 amide bonds. The number of carbonyl (C=O) groups is 4. The van der Waals surface area contributed by atoms with Crippen LogP contribution < -0.4 is 20.7 Å². The second-order valence-corrected chi connectivity index (χ2v) is 9.05. The van der Waals surface area contributed by atoms with Crippen molar-refractivity contribution in [2.24, 2.45) is 0 Å². The van der Waals surface area contributed by atoms with Gasteiger partial charge in [-0.05, 0) is 48.4 Å². The van der Waals surface area contributed by atoms with Crippen molar-refractivity contribution in [3.8, 4) is 11.5 Å². The maximum Gasteiger partial charge on any atom is 0.326 e. The first-order chi connectivity index (χ1) is 20.8. The molecular weight excluding hydrogens is 569 g/mol. The van der Waals surface area contributed by atoms with E-state index >= 15 is 0 Å². The molecule has 5 N–H and O–H groups in total. The number of halogens is 1. The van der Waals surface area contributed by atoms with Gasteiger partial charge in [-0.3, -0.25) is 19.7 Å². The van der Waals surface area contributed by atoms with Gasteiger partial charge >= 0.3 is 5.97 Å². The molecule has 43 heavy (non-hydrogen) atoms. The van der Waals surface area contributed by atoms with Crippen molar-refractivity contribution in [1.29, 1.82) is 0 Å². The Morgan fingerprint density at radius 2 is 1.51 bits per heavy atom. The number of nitrogens with one attached hydrogen (secondary N) is 3. The van der Waals surface area contributed by atoms with Crippen LogP contribution in [-0.4, -0.2) is 99.3 Å². The third-order valence-electron chi connectivity index (χ3n) is 5.68. The SMILES string of the molecule is O=CC(NCCOCCO)OCCOCCNC(=O)CC[C@H](NC(=O)Cc1ccc(Oc2ccc(F)cc2)cc1)C(=O)O. The second kappa shape index (κ2) is 20.9. The molecular formula is C29H38FN3O10. The highest BCUT2D eigenvalue weighted by Crippen LogP contribution is 2.22. The molecule has 0 spiro atoms. The second-order valence-electron chi connectivity index (χ2n) is 9.05. The lowest BCUT2D eigenvalue weighted by atomic mass is 10.1. The summed E-state index contributed by atoms with van der Waals surface area (Å²) in [5.74, 6) is -1.61. The van der Waals surface area contributed by atoms with E-state index in [9.17, 15) is 28.7 Å². The molecule has 2 atom stereocenters. The number of ether oxygens (including phenoxy) is 4. The highest BCUT2D eigenvalue weighted by molar-refractivity contribution is 5.85. The number of carbonyl (C=O) groups excluding carboxylic acids is 3. The van der Waals surface area contributed by atoms with Gasteiger partial charge < -0.3 is 39.8 Å². The first kappa shape index (κ1) is 35.2. The van der Waals surface area contributed by atoms with Crippen LogP contribution in [-0.2, 0) is 39.8 Å². The van der Waals surface area contributed by atoms with Gasteiger partial charge in [0.1, 0.15) is 23.4 Å². The van der Waals surface area contributed by atoms with Gasteiger partial charge in [-0.1, -0.05) is 12.1 Å². The molecule has 0 aliphatic heterocycles. The number of aliphatic carboxylic acids is 1. The molecule has 236 valence electrons. The van der Waals surface area contributed by atoms with Crippen molar-refractivity contribution in [3.05, 3.63) is 59.9 Å². The molecule has 0 saturated heterocycles. The van der Waals surface area contributed by atoms with E-state index in [0.29, 0.717) is 36.5 Å². The smallest absolute Gasteiger partial charge is 0.326 e. The van der Waals surface area contributed by atoms with Crippen molar-refractivity contribution in [2.45, 2.75) is 31.5 Å². The molecule has 14 heteroatoms. The van der Waals surface area contributed by atoms with Gasteiger partial charge in [0.15, 0.2) is 12.5 Å². The summed E-state index contributed by atoms with van der Waals surface area (Å²) >= 11 is 0. The summed E-state index contributed by atoms with van der Waals surface area (Å²) in [6.07, 6.45) is -0.513. The van der Waals surface area contributed by atoms with Crippen molar-refractivity contribution in [1.82, 2.24) is 16.0 Å². The van der Waals surface area contributed by atoms with Crippen LogP contribution in [0.2, 0.25) is 0 Å². The zero-order chi connectivity index (χ0) is 31.3. The summed E-state index contributed by atoms with van der Waals surface area (Å²) in [5, 5.41) is 26.0. The van der Waals surface area contributed by atoms with Crippen LogP contribution >= 0.6 is 0 Å². The lowest BCUT2D eigenvalue weighted by Gasteiger charge is -2.15. The molecule has 0 heterocycles. The number of rotatable bonds is 23. The average molecular weight is 608 g/mol. The fourth-order valence-corrected chi connectivity index (χ4v) is 3.55. The van der Waals surface area contributed by atoms with Crippen LogP contribution in [0.1, 0.15) is 18.4 Å². The zero-order valence-electron chi connectivity index (χ0n) is 23.7. The minimum Gasteiger partial charge on any atom is -0.480 e. The lowest BCUT2D eigenvalue weighted by molar-refractivity contribution is -0.142. The van der Waals surface area contributed by atoms with E-state index in [0.717, 1.165) is 0 Å². The monoisotopic (exact) mass is 607 g/mol. The van der Waals surface area contributed by atoms with E-state index < -0.39 is 30.1 Å². The van der Waals surface area contributed by atoms with E-state index in [1.165, 1.54) is 24.3 Å². The lowest BCUT2D eigenvalue weighted by Crippen LogP contribution is -2.42. The Labute approximate surface area is 248 Å². The summed E-state index contributed by atoms with van der Waals surface area (Å²) in [6, 6.07) is 10.9. The van der Waals surface area contributed by atoms with Gasteiger partial charge in [0.2, 0.25) is 11.8 Å². The number of amides is 2. The molecule has 0 aliphatic rings. The summed E-state index contributed by atoms with van der Waals surface area (Å²) in [4.78, 5) is 47.1. The van der Waals surface area contributed by atoms with Gasteiger partial charge in [0, 0.05) is 19.5 Å². The molecule has 2 rings (SSSR count). The average Bonchev–Trinajstić information content (AvgIpc) is 2.99. The van der Waals surface area contributed by atoms with Gasteiger partial charge in [-0.2, -0.15) is 0 Å². The predicted octanol–water partition coefficient (Wildman–Crippen LogP) is 0.783. The predicted molar refractivity (Wildman–Crippen MR) is 151 cm³/mol. The molecule has 0 radical (unpaired) electrons. The number of hydrogen-bond acceptors (Lipinski definition) is 10. The van der Waals surface area contributed by atoms with Crippen LogP contribution in [0.4, 0.5) is 4.39 Å².